The van der Waals surface area contributed by atoms with Gasteiger partial charge in [-0.3, -0.25) is 14.4 Å². The lowest BCUT2D eigenvalue weighted by atomic mass is 9.77. The van der Waals surface area contributed by atoms with Crippen LogP contribution in [0.25, 0.3) is 0 Å². The van der Waals surface area contributed by atoms with Crippen molar-refractivity contribution in [3.8, 4) is 0 Å². The summed E-state index contributed by atoms with van der Waals surface area (Å²) in [6.07, 6.45) is 6.94. The Bertz CT molecular complexity index is 743. The molecule has 1 aromatic carbocycles. The molecule has 0 aromatic heterocycles. The second-order valence-corrected chi connectivity index (χ2v) is 8.79. The fourth-order valence-electron chi connectivity index (χ4n) is 4.92. The van der Waals surface area contributed by atoms with E-state index in [0.717, 1.165) is 32.4 Å². The molecule has 4 rings (SSSR count). The maximum atomic E-state index is 13.2. The van der Waals surface area contributed by atoms with Crippen molar-refractivity contribution in [1.82, 2.24) is 9.80 Å². The highest BCUT2D eigenvalue weighted by Gasteiger charge is 2.49. The highest BCUT2D eigenvalue weighted by Crippen LogP contribution is 2.41. The van der Waals surface area contributed by atoms with Gasteiger partial charge in [0.25, 0.3) is 0 Å². The molecular weight excluding hydrogens is 352 g/mol. The molecule has 1 spiro atoms. The molecule has 28 heavy (non-hydrogen) atoms. The Labute approximate surface area is 167 Å². The maximum absolute atomic E-state index is 13.2. The fourth-order valence-corrected chi connectivity index (χ4v) is 4.92. The van der Waals surface area contributed by atoms with Gasteiger partial charge in [0, 0.05) is 44.6 Å². The molecule has 2 saturated heterocycles. The Balaban J connectivity index is 1.31. The number of amides is 2. The van der Waals surface area contributed by atoms with Gasteiger partial charge < -0.3 is 9.80 Å². The Morgan fingerprint density at radius 2 is 1.79 bits per heavy atom. The zero-order valence-corrected chi connectivity index (χ0v) is 16.6. The molecule has 5 nitrogen and oxygen atoms in total. The first-order chi connectivity index (χ1) is 13.6. The van der Waals surface area contributed by atoms with E-state index in [1.54, 1.807) is 12.1 Å². The molecule has 3 fully saturated rings. The van der Waals surface area contributed by atoms with Gasteiger partial charge in [0.1, 0.15) is 0 Å². The van der Waals surface area contributed by atoms with Crippen molar-refractivity contribution in [2.45, 2.75) is 51.4 Å². The van der Waals surface area contributed by atoms with Gasteiger partial charge >= 0.3 is 0 Å². The molecular formula is C23H30N2O3. The van der Waals surface area contributed by atoms with Gasteiger partial charge in [0.05, 0.1) is 5.41 Å². The van der Waals surface area contributed by atoms with E-state index in [2.05, 4.69) is 4.90 Å². The van der Waals surface area contributed by atoms with E-state index < -0.39 is 0 Å². The molecule has 3 aliphatic rings. The number of benzene rings is 1. The van der Waals surface area contributed by atoms with Crippen LogP contribution in [0.15, 0.2) is 30.3 Å². The average Bonchev–Trinajstić information content (AvgIpc) is 3.11. The summed E-state index contributed by atoms with van der Waals surface area (Å²) in [7, 11) is 0. The molecule has 0 N–H and O–H groups in total. The van der Waals surface area contributed by atoms with E-state index >= 15 is 0 Å². The number of ketones is 1. The molecule has 1 unspecified atom stereocenters. The molecule has 1 atom stereocenters. The van der Waals surface area contributed by atoms with Crippen LogP contribution in [0.3, 0.4) is 0 Å². The summed E-state index contributed by atoms with van der Waals surface area (Å²) in [5.41, 5.74) is 0.281. The molecule has 2 aliphatic heterocycles. The summed E-state index contributed by atoms with van der Waals surface area (Å²) in [6.45, 7) is 2.95. The molecule has 2 amide bonds. The normalized spacial score (nSPS) is 25.2. The van der Waals surface area contributed by atoms with E-state index in [1.165, 1.54) is 19.3 Å². The topological polar surface area (TPSA) is 57.7 Å². The smallest absolute Gasteiger partial charge is 0.230 e. The van der Waals surface area contributed by atoms with Crippen molar-refractivity contribution in [2.24, 2.45) is 11.3 Å². The fraction of sp³-hybridized carbons (Fsp3) is 0.609. The minimum atomic E-state index is -0.374. The lowest BCUT2D eigenvalue weighted by Crippen LogP contribution is -2.52. The predicted octanol–water partition coefficient (Wildman–Crippen LogP) is 3.29. The van der Waals surface area contributed by atoms with Crippen LogP contribution in [0.5, 0.6) is 0 Å². The van der Waals surface area contributed by atoms with Gasteiger partial charge in [-0.05, 0) is 38.0 Å². The van der Waals surface area contributed by atoms with Crippen molar-refractivity contribution >= 4 is 17.6 Å². The number of hydrogen-bond acceptors (Lipinski definition) is 3. The van der Waals surface area contributed by atoms with Crippen molar-refractivity contribution in [3.63, 3.8) is 0 Å². The van der Waals surface area contributed by atoms with E-state index in [1.807, 2.05) is 23.1 Å². The van der Waals surface area contributed by atoms with Crippen LogP contribution in [0.2, 0.25) is 0 Å². The summed E-state index contributed by atoms with van der Waals surface area (Å²) < 4.78 is 0. The molecule has 1 saturated carbocycles. The first-order valence-electron chi connectivity index (χ1n) is 10.7. The van der Waals surface area contributed by atoms with Crippen LogP contribution in [0.1, 0.15) is 61.7 Å². The first kappa shape index (κ1) is 19.2. The monoisotopic (exact) mass is 382 g/mol. The second kappa shape index (κ2) is 8.06. The number of carbonyl (C=O) groups is 3. The van der Waals surface area contributed by atoms with Gasteiger partial charge in [0.15, 0.2) is 5.78 Å². The molecule has 0 bridgehead atoms. The van der Waals surface area contributed by atoms with Gasteiger partial charge in [-0.15, -0.1) is 0 Å². The van der Waals surface area contributed by atoms with E-state index in [-0.39, 0.29) is 35.9 Å². The van der Waals surface area contributed by atoms with Crippen LogP contribution in [-0.4, -0.2) is 53.6 Å². The average molecular weight is 383 g/mol. The highest BCUT2D eigenvalue weighted by atomic mass is 16.2. The summed E-state index contributed by atoms with van der Waals surface area (Å²) in [5, 5.41) is 0. The minimum absolute atomic E-state index is 0.00303. The number of hydrogen-bond donors (Lipinski definition) is 0. The third-order valence-corrected chi connectivity index (χ3v) is 6.90. The van der Waals surface area contributed by atoms with Gasteiger partial charge in [-0.2, -0.15) is 0 Å². The number of rotatable bonds is 6. The van der Waals surface area contributed by atoms with Gasteiger partial charge in [-0.25, -0.2) is 0 Å². The standard InChI is InChI=1S/C23H30N2O3/c26-20(19-8-2-1-3-9-19)10-11-21(27)25-15-13-23(17-25)12-5-14-24(22(23)28)16-18-6-4-7-18/h1-3,8-9,18H,4-7,10-17H2. The zero-order chi connectivity index (χ0) is 19.6. The molecule has 150 valence electrons. The lowest BCUT2D eigenvalue weighted by molar-refractivity contribution is -0.147. The summed E-state index contributed by atoms with van der Waals surface area (Å²) in [5.74, 6) is 0.955. The lowest BCUT2D eigenvalue weighted by Gasteiger charge is -2.42. The number of nitrogens with zero attached hydrogens (tertiary/aromatic N) is 2. The molecule has 2 heterocycles. The van der Waals surface area contributed by atoms with Crippen molar-refractivity contribution in [3.05, 3.63) is 35.9 Å². The van der Waals surface area contributed by atoms with Crippen molar-refractivity contribution in [1.29, 1.82) is 0 Å². The number of piperidine rings is 1. The van der Waals surface area contributed by atoms with Crippen LogP contribution < -0.4 is 0 Å². The van der Waals surface area contributed by atoms with E-state index in [9.17, 15) is 14.4 Å². The Kier molecular flexibility index (Phi) is 5.51. The Morgan fingerprint density at radius 3 is 2.50 bits per heavy atom. The molecule has 5 heteroatoms. The Hall–Kier alpha value is -2.17. The third-order valence-electron chi connectivity index (χ3n) is 6.90. The quantitative estimate of drug-likeness (QED) is 0.710. The molecule has 1 aliphatic carbocycles. The van der Waals surface area contributed by atoms with Gasteiger partial charge in [0.2, 0.25) is 11.8 Å². The van der Waals surface area contributed by atoms with Crippen LogP contribution >= 0.6 is 0 Å². The maximum Gasteiger partial charge on any atom is 0.230 e. The van der Waals surface area contributed by atoms with Crippen molar-refractivity contribution in [2.75, 3.05) is 26.2 Å². The number of carbonyl (C=O) groups excluding carboxylic acids is 3. The first-order valence-corrected chi connectivity index (χ1v) is 10.7. The second-order valence-electron chi connectivity index (χ2n) is 8.79. The van der Waals surface area contributed by atoms with Crippen molar-refractivity contribution < 1.29 is 14.4 Å². The Morgan fingerprint density at radius 1 is 1.00 bits per heavy atom. The zero-order valence-electron chi connectivity index (χ0n) is 16.6. The molecule has 1 aromatic rings. The minimum Gasteiger partial charge on any atom is -0.342 e. The predicted molar refractivity (Wildman–Crippen MR) is 107 cm³/mol. The van der Waals surface area contributed by atoms with Crippen LogP contribution in [0.4, 0.5) is 0 Å². The van der Waals surface area contributed by atoms with Crippen LogP contribution in [-0.2, 0) is 9.59 Å². The summed E-state index contributed by atoms with van der Waals surface area (Å²) in [4.78, 5) is 42.0. The van der Waals surface area contributed by atoms with E-state index in [0.29, 0.717) is 24.6 Å². The van der Waals surface area contributed by atoms with Crippen LogP contribution in [0, 0.1) is 11.3 Å². The summed E-state index contributed by atoms with van der Waals surface area (Å²) >= 11 is 0. The largest absolute Gasteiger partial charge is 0.342 e. The number of likely N-dealkylation sites (tertiary alicyclic amines) is 2. The SMILES string of the molecule is O=C(CCC(=O)N1CCC2(CCCN(CC3CCC3)C2=O)C1)c1ccccc1. The summed E-state index contributed by atoms with van der Waals surface area (Å²) in [6, 6.07) is 9.12. The molecule has 0 radical (unpaired) electrons. The van der Waals surface area contributed by atoms with Gasteiger partial charge in [-0.1, -0.05) is 36.8 Å². The van der Waals surface area contributed by atoms with E-state index in [4.69, 9.17) is 0 Å². The third kappa shape index (κ3) is 3.85. The number of Topliss-reactive ketones (excluding diaryl/α,β-unsaturated/α-hetero) is 1. The highest BCUT2D eigenvalue weighted by molar-refractivity contribution is 5.98.